The first-order valence-electron chi connectivity index (χ1n) is 7.60. The molecule has 7 heteroatoms. The van der Waals surface area contributed by atoms with Crippen LogP contribution in [0.5, 0.6) is 0 Å². The van der Waals surface area contributed by atoms with Gasteiger partial charge in [-0.15, -0.1) is 0 Å². The SMILES string of the molecule is CN(CCO)C(CN1CCNCC1)c1ccc([N+](=O)[O-])cc1. The monoisotopic (exact) mass is 308 g/mol. The van der Waals surface area contributed by atoms with E-state index in [2.05, 4.69) is 15.1 Å². The second-order valence-corrected chi connectivity index (χ2v) is 5.62. The van der Waals surface area contributed by atoms with Crippen molar-refractivity contribution in [3.63, 3.8) is 0 Å². The minimum atomic E-state index is -0.382. The second kappa shape index (κ2) is 8.19. The predicted octanol–water partition coefficient (Wildman–Crippen LogP) is 0.465. The van der Waals surface area contributed by atoms with Gasteiger partial charge in [-0.2, -0.15) is 0 Å². The Hall–Kier alpha value is -1.54. The van der Waals surface area contributed by atoms with Gasteiger partial charge in [0.15, 0.2) is 0 Å². The van der Waals surface area contributed by atoms with Crippen LogP contribution in [0.3, 0.4) is 0 Å². The largest absolute Gasteiger partial charge is 0.395 e. The molecule has 0 spiro atoms. The van der Waals surface area contributed by atoms with Crippen LogP contribution in [0.2, 0.25) is 0 Å². The van der Waals surface area contributed by atoms with E-state index in [-0.39, 0.29) is 23.3 Å². The van der Waals surface area contributed by atoms with Crippen molar-refractivity contribution in [2.24, 2.45) is 0 Å². The van der Waals surface area contributed by atoms with E-state index in [1.54, 1.807) is 12.1 Å². The lowest BCUT2D eigenvalue weighted by atomic mass is 10.0. The molecule has 0 aromatic heterocycles. The summed E-state index contributed by atoms with van der Waals surface area (Å²) in [5.74, 6) is 0. The standard InChI is InChI=1S/C15H24N4O3/c1-17(10-11-20)15(12-18-8-6-16-7-9-18)13-2-4-14(5-3-13)19(21)22/h2-5,15-16,20H,6-12H2,1H3. The number of hydrogen-bond acceptors (Lipinski definition) is 6. The molecule has 1 fully saturated rings. The molecule has 1 aromatic carbocycles. The van der Waals surface area contributed by atoms with E-state index in [9.17, 15) is 15.2 Å². The van der Waals surface area contributed by atoms with Crippen molar-refractivity contribution in [2.75, 3.05) is 52.9 Å². The lowest BCUT2D eigenvalue weighted by Crippen LogP contribution is -2.47. The Morgan fingerprint density at radius 1 is 1.36 bits per heavy atom. The number of piperazine rings is 1. The Bertz CT molecular complexity index is 474. The van der Waals surface area contributed by atoms with Gasteiger partial charge >= 0.3 is 0 Å². The van der Waals surface area contributed by atoms with Crippen LogP contribution in [0, 0.1) is 10.1 Å². The second-order valence-electron chi connectivity index (χ2n) is 5.62. The minimum Gasteiger partial charge on any atom is -0.395 e. The first-order chi connectivity index (χ1) is 10.6. The van der Waals surface area contributed by atoms with Crippen molar-refractivity contribution in [1.82, 2.24) is 15.1 Å². The number of nitro benzene ring substituents is 1. The lowest BCUT2D eigenvalue weighted by molar-refractivity contribution is -0.384. The summed E-state index contributed by atoms with van der Waals surface area (Å²) in [5, 5.41) is 23.3. The summed E-state index contributed by atoms with van der Waals surface area (Å²) in [6.45, 7) is 5.49. The number of nitrogens with zero attached hydrogens (tertiary/aromatic N) is 3. The van der Waals surface area contributed by atoms with Crippen LogP contribution in [-0.4, -0.2) is 72.8 Å². The maximum Gasteiger partial charge on any atom is 0.269 e. The smallest absolute Gasteiger partial charge is 0.269 e. The highest BCUT2D eigenvalue weighted by Crippen LogP contribution is 2.23. The number of likely N-dealkylation sites (N-methyl/N-ethyl adjacent to an activating group) is 1. The molecule has 122 valence electrons. The highest BCUT2D eigenvalue weighted by molar-refractivity contribution is 5.34. The van der Waals surface area contributed by atoms with Gasteiger partial charge < -0.3 is 10.4 Å². The predicted molar refractivity (Wildman–Crippen MR) is 84.9 cm³/mol. The summed E-state index contributed by atoms with van der Waals surface area (Å²) >= 11 is 0. The van der Waals surface area contributed by atoms with Crippen molar-refractivity contribution in [3.05, 3.63) is 39.9 Å². The summed E-state index contributed by atoms with van der Waals surface area (Å²) in [5.41, 5.74) is 1.15. The zero-order valence-electron chi connectivity index (χ0n) is 12.9. The van der Waals surface area contributed by atoms with Crippen molar-refractivity contribution in [1.29, 1.82) is 0 Å². The van der Waals surface area contributed by atoms with E-state index in [1.165, 1.54) is 0 Å². The highest BCUT2D eigenvalue weighted by Gasteiger charge is 2.22. The van der Waals surface area contributed by atoms with Crippen LogP contribution in [-0.2, 0) is 0 Å². The number of aliphatic hydroxyl groups excluding tert-OH is 1. The minimum absolute atomic E-state index is 0.0987. The van der Waals surface area contributed by atoms with Crippen LogP contribution in [0.15, 0.2) is 24.3 Å². The van der Waals surface area contributed by atoms with E-state index < -0.39 is 0 Å². The fourth-order valence-corrected chi connectivity index (χ4v) is 2.77. The Balaban J connectivity index is 2.13. The first-order valence-corrected chi connectivity index (χ1v) is 7.60. The maximum atomic E-state index is 10.8. The number of nitro groups is 1. The first kappa shape index (κ1) is 16.8. The number of non-ortho nitro benzene ring substituents is 1. The third-order valence-electron chi connectivity index (χ3n) is 4.11. The maximum absolute atomic E-state index is 10.8. The molecule has 2 N–H and O–H groups in total. The number of nitrogens with one attached hydrogen (secondary N) is 1. The highest BCUT2D eigenvalue weighted by atomic mass is 16.6. The topological polar surface area (TPSA) is 81.9 Å². The van der Waals surface area contributed by atoms with E-state index in [0.29, 0.717) is 6.54 Å². The van der Waals surface area contributed by atoms with E-state index in [1.807, 2.05) is 19.2 Å². The Morgan fingerprint density at radius 2 is 2.00 bits per heavy atom. The fraction of sp³-hybridized carbons (Fsp3) is 0.600. The average molecular weight is 308 g/mol. The van der Waals surface area contributed by atoms with Crippen LogP contribution >= 0.6 is 0 Å². The van der Waals surface area contributed by atoms with Crippen LogP contribution in [0.25, 0.3) is 0 Å². The van der Waals surface area contributed by atoms with Crippen molar-refractivity contribution in [2.45, 2.75) is 6.04 Å². The molecule has 1 aliphatic heterocycles. The molecule has 0 amide bonds. The molecular formula is C15H24N4O3. The molecule has 0 saturated carbocycles. The molecule has 1 saturated heterocycles. The van der Waals surface area contributed by atoms with E-state index >= 15 is 0 Å². The molecule has 0 aliphatic carbocycles. The van der Waals surface area contributed by atoms with Crippen LogP contribution < -0.4 is 5.32 Å². The van der Waals surface area contributed by atoms with Gasteiger partial charge in [0.25, 0.3) is 5.69 Å². The summed E-state index contributed by atoms with van der Waals surface area (Å²) in [7, 11) is 1.98. The number of aliphatic hydroxyl groups is 1. The molecule has 2 rings (SSSR count). The molecule has 0 radical (unpaired) electrons. The third kappa shape index (κ3) is 4.48. The Kier molecular flexibility index (Phi) is 6.26. The van der Waals surface area contributed by atoms with Crippen molar-refractivity contribution >= 4 is 5.69 Å². The van der Waals surface area contributed by atoms with E-state index in [0.717, 1.165) is 38.3 Å². The van der Waals surface area contributed by atoms with Gasteiger partial charge in [-0.05, 0) is 12.6 Å². The van der Waals surface area contributed by atoms with E-state index in [4.69, 9.17) is 0 Å². The zero-order chi connectivity index (χ0) is 15.9. The van der Waals surface area contributed by atoms with Gasteiger partial charge in [-0.25, -0.2) is 0 Å². The lowest BCUT2D eigenvalue weighted by Gasteiger charge is -2.35. The van der Waals surface area contributed by atoms with Crippen LogP contribution in [0.4, 0.5) is 5.69 Å². The molecular weight excluding hydrogens is 284 g/mol. The number of hydrogen-bond donors (Lipinski definition) is 2. The molecule has 1 aromatic rings. The van der Waals surface area contributed by atoms with Gasteiger partial charge in [0, 0.05) is 57.4 Å². The van der Waals surface area contributed by atoms with Gasteiger partial charge in [0.1, 0.15) is 0 Å². The third-order valence-corrected chi connectivity index (χ3v) is 4.11. The summed E-state index contributed by atoms with van der Waals surface area (Å²) in [6.07, 6.45) is 0. The van der Waals surface area contributed by atoms with Gasteiger partial charge in [0.05, 0.1) is 11.5 Å². The number of benzene rings is 1. The summed E-state index contributed by atoms with van der Waals surface area (Å²) in [6, 6.07) is 6.85. The van der Waals surface area contributed by atoms with Crippen molar-refractivity contribution < 1.29 is 10.0 Å². The molecule has 22 heavy (non-hydrogen) atoms. The molecule has 1 atom stereocenters. The fourth-order valence-electron chi connectivity index (χ4n) is 2.77. The average Bonchev–Trinajstić information content (AvgIpc) is 2.54. The molecule has 1 unspecified atom stereocenters. The Labute approximate surface area is 130 Å². The Morgan fingerprint density at radius 3 is 2.55 bits per heavy atom. The van der Waals surface area contributed by atoms with Gasteiger partial charge in [0.2, 0.25) is 0 Å². The quantitative estimate of drug-likeness (QED) is 0.563. The van der Waals surface area contributed by atoms with Crippen molar-refractivity contribution in [3.8, 4) is 0 Å². The summed E-state index contributed by atoms with van der Waals surface area (Å²) in [4.78, 5) is 14.9. The molecule has 1 aliphatic rings. The van der Waals surface area contributed by atoms with Gasteiger partial charge in [-0.3, -0.25) is 19.9 Å². The molecule has 0 bridgehead atoms. The normalized spacial score (nSPS) is 17.6. The molecule has 7 nitrogen and oxygen atoms in total. The molecule has 1 heterocycles. The zero-order valence-corrected chi connectivity index (χ0v) is 12.9. The van der Waals surface area contributed by atoms with Gasteiger partial charge in [-0.1, -0.05) is 12.1 Å². The van der Waals surface area contributed by atoms with Crippen LogP contribution in [0.1, 0.15) is 11.6 Å². The number of rotatable bonds is 7. The summed E-state index contributed by atoms with van der Waals surface area (Å²) < 4.78 is 0.